The van der Waals surface area contributed by atoms with Crippen molar-refractivity contribution in [1.29, 1.82) is 0 Å². The average molecular weight is 659 g/mol. The summed E-state index contributed by atoms with van der Waals surface area (Å²) in [6.07, 6.45) is 4.62. The lowest BCUT2D eigenvalue weighted by Gasteiger charge is -2.27. The summed E-state index contributed by atoms with van der Waals surface area (Å²) in [5, 5.41) is 4.77. The van der Waals surface area contributed by atoms with Crippen LogP contribution in [0.5, 0.6) is 5.75 Å². The Hall–Kier alpha value is -3.28. The second kappa shape index (κ2) is 14.9. The van der Waals surface area contributed by atoms with Crippen LogP contribution in [-0.2, 0) is 23.4 Å². The number of nitrogen functional groups attached to an aromatic ring is 1. The standard InChI is InChI=1S/C31H40ClN6O6P/c1-4-5-8-16-41-30(39)24(17-20(2)3)37-45(40,44-25-13-9-11-21-10-6-7-12-23(21)25)42-18-22-14-15-26(43-22)38-29-27(36-31(38)32)28(33)34-19-35-29/h6-7,9-13,19-20,22,24,26H,4-5,8,14-18H2,1-3H3,(H,37,40)(H2,33,34,35)/t22-,24-,26+,45?/m0/s1. The molecule has 3 heterocycles. The number of anilines is 1. The summed E-state index contributed by atoms with van der Waals surface area (Å²) >= 11 is 6.44. The number of nitrogens with two attached hydrogens (primary N) is 1. The average Bonchev–Trinajstić information content (AvgIpc) is 3.62. The zero-order valence-corrected chi connectivity index (χ0v) is 27.4. The first-order chi connectivity index (χ1) is 21.7. The topological polar surface area (TPSA) is 153 Å². The number of unbranched alkanes of at least 4 members (excludes halogenated alkanes) is 2. The lowest BCUT2D eigenvalue weighted by molar-refractivity contribution is -0.146. The SMILES string of the molecule is CCCCCOC(=O)[C@H](CC(C)C)NP(=O)(OC[C@@H]1CC[C@H](n2c(Cl)nc3c(N)ncnc32)O1)Oc1cccc2ccccc12. The molecule has 12 nitrogen and oxygen atoms in total. The Morgan fingerprint density at radius 3 is 2.78 bits per heavy atom. The van der Waals surface area contributed by atoms with Crippen LogP contribution in [0.15, 0.2) is 48.8 Å². The van der Waals surface area contributed by atoms with Gasteiger partial charge in [0.2, 0.25) is 5.28 Å². The van der Waals surface area contributed by atoms with Crippen LogP contribution in [0.3, 0.4) is 0 Å². The van der Waals surface area contributed by atoms with Gasteiger partial charge in [0.15, 0.2) is 17.0 Å². The van der Waals surface area contributed by atoms with E-state index in [0.717, 1.165) is 30.0 Å². The van der Waals surface area contributed by atoms with Crippen LogP contribution in [-0.4, -0.2) is 50.8 Å². The summed E-state index contributed by atoms with van der Waals surface area (Å²) in [5.74, 6) is 0.187. The van der Waals surface area contributed by atoms with Gasteiger partial charge in [-0.05, 0) is 54.7 Å². The molecule has 242 valence electrons. The number of carbonyl (C=O) groups is 1. The van der Waals surface area contributed by atoms with Gasteiger partial charge in [-0.25, -0.2) is 19.5 Å². The van der Waals surface area contributed by atoms with Crippen molar-refractivity contribution in [3.63, 3.8) is 0 Å². The zero-order chi connectivity index (χ0) is 32.0. The first-order valence-electron chi connectivity index (χ1n) is 15.3. The van der Waals surface area contributed by atoms with Gasteiger partial charge in [-0.3, -0.25) is 13.9 Å². The van der Waals surface area contributed by atoms with Gasteiger partial charge in [0.25, 0.3) is 0 Å². The molecule has 1 aliphatic heterocycles. The van der Waals surface area contributed by atoms with Gasteiger partial charge < -0.3 is 19.7 Å². The molecule has 4 atom stereocenters. The second-order valence-corrected chi connectivity index (χ2v) is 13.6. The second-order valence-electron chi connectivity index (χ2n) is 11.5. The fourth-order valence-corrected chi connectivity index (χ4v) is 7.15. The maximum Gasteiger partial charge on any atom is 0.459 e. The highest BCUT2D eigenvalue weighted by atomic mass is 35.5. The highest BCUT2D eigenvalue weighted by Gasteiger charge is 2.38. The van der Waals surface area contributed by atoms with Crippen LogP contribution in [0.2, 0.25) is 5.28 Å². The number of halogens is 1. The number of imidazole rings is 1. The van der Waals surface area contributed by atoms with Crippen LogP contribution in [0, 0.1) is 5.92 Å². The predicted octanol–water partition coefficient (Wildman–Crippen LogP) is 6.83. The molecule has 0 bridgehead atoms. The molecule has 1 fully saturated rings. The van der Waals surface area contributed by atoms with Crippen molar-refractivity contribution in [2.75, 3.05) is 18.9 Å². The molecule has 45 heavy (non-hydrogen) atoms. The van der Waals surface area contributed by atoms with Gasteiger partial charge in [-0.1, -0.05) is 70.0 Å². The molecule has 14 heteroatoms. The molecule has 5 rings (SSSR count). The van der Waals surface area contributed by atoms with Crippen molar-refractivity contribution in [2.24, 2.45) is 5.92 Å². The minimum absolute atomic E-state index is 0.0765. The highest BCUT2D eigenvalue weighted by molar-refractivity contribution is 7.52. The van der Waals surface area contributed by atoms with Crippen LogP contribution < -0.4 is 15.3 Å². The molecule has 0 radical (unpaired) electrons. The lowest BCUT2D eigenvalue weighted by atomic mass is 10.1. The molecule has 0 amide bonds. The van der Waals surface area contributed by atoms with Crippen LogP contribution in [0.4, 0.5) is 5.82 Å². The molecule has 1 aliphatic rings. The summed E-state index contributed by atoms with van der Waals surface area (Å²) in [7, 11) is -4.16. The van der Waals surface area contributed by atoms with E-state index < -0.39 is 32.1 Å². The first kappa shape index (κ1) is 33.1. The summed E-state index contributed by atoms with van der Waals surface area (Å²) in [5.41, 5.74) is 6.81. The number of nitrogens with zero attached hydrogens (tertiary/aromatic N) is 4. The maximum absolute atomic E-state index is 14.5. The van der Waals surface area contributed by atoms with Gasteiger partial charge >= 0.3 is 13.7 Å². The van der Waals surface area contributed by atoms with Gasteiger partial charge in [-0.2, -0.15) is 5.09 Å². The van der Waals surface area contributed by atoms with Crippen molar-refractivity contribution in [3.8, 4) is 5.75 Å². The third-order valence-corrected chi connectivity index (χ3v) is 9.35. The maximum atomic E-state index is 14.5. The van der Waals surface area contributed by atoms with E-state index >= 15 is 0 Å². The number of ether oxygens (including phenoxy) is 2. The molecule has 3 N–H and O–H groups in total. The largest absolute Gasteiger partial charge is 0.465 e. The number of hydrogen-bond acceptors (Lipinski definition) is 10. The third kappa shape index (κ3) is 8.12. The van der Waals surface area contributed by atoms with E-state index in [1.165, 1.54) is 6.33 Å². The van der Waals surface area contributed by atoms with Crippen LogP contribution in [0.25, 0.3) is 21.9 Å². The fourth-order valence-electron chi connectivity index (χ4n) is 5.32. The number of esters is 1. The number of nitrogens with one attached hydrogen (secondary N) is 1. The summed E-state index contributed by atoms with van der Waals surface area (Å²) in [6, 6.07) is 12.2. The molecule has 4 aromatic rings. The quantitative estimate of drug-likeness (QED) is 0.0598. The molecule has 2 aromatic carbocycles. The smallest absolute Gasteiger partial charge is 0.459 e. The van der Waals surface area contributed by atoms with Gasteiger partial charge in [-0.15, -0.1) is 0 Å². The van der Waals surface area contributed by atoms with Crippen LogP contribution in [0.1, 0.15) is 65.5 Å². The van der Waals surface area contributed by atoms with E-state index in [1.807, 2.05) is 50.2 Å². The minimum atomic E-state index is -4.16. The Balaban J connectivity index is 1.35. The number of hydrogen-bond donors (Lipinski definition) is 2. The van der Waals surface area contributed by atoms with E-state index in [4.69, 9.17) is 35.9 Å². The third-order valence-electron chi connectivity index (χ3n) is 7.53. The number of carbonyl (C=O) groups excluding carboxylic acids is 1. The Kier molecular flexibility index (Phi) is 10.9. The van der Waals surface area contributed by atoms with Crippen molar-refractivity contribution < 1.29 is 27.9 Å². The monoisotopic (exact) mass is 658 g/mol. The Bertz CT molecular complexity index is 1660. The molecule has 0 spiro atoms. The van der Waals surface area contributed by atoms with Crippen molar-refractivity contribution in [2.45, 2.75) is 77.7 Å². The molecule has 2 aromatic heterocycles. The van der Waals surface area contributed by atoms with Gasteiger partial charge in [0, 0.05) is 5.39 Å². The molecular formula is C31H40ClN6O6P. The molecule has 1 saturated heterocycles. The first-order valence-corrected chi connectivity index (χ1v) is 17.2. The van der Waals surface area contributed by atoms with Gasteiger partial charge in [0.1, 0.15) is 24.3 Å². The summed E-state index contributed by atoms with van der Waals surface area (Å²) in [6.45, 7) is 6.25. The highest BCUT2D eigenvalue weighted by Crippen LogP contribution is 2.48. The van der Waals surface area contributed by atoms with Crippen LogP contribution >= 0.6 is 19.3 Å². The number of rotatable bonds is 15. The zero-order valence-electron chi connectivity index (χ0n) is 25.7. The fraction of sp³-hybridized carbons (Fsp3) is 0.484. The molecule has 0 saturated carbocycles. The van der Waals surface area contributed by atoms with E-state index in [0.29, 0.717) is 36.2 Å². The van der Waals surface area contributed by atoms with E-state index in [1.54, 1.807) is 10.6 Å². The summed E-state index contributed by atoms with van der Waals surface area (Å²) < 4.78 is 40.2. The molecule has 1 unspecified atom stereocenters. The number of aromatic nitrogens is 4. The predicted molar refractivity (Wildman–Crippen MR) is 173 cm³/mol. The number of fused-ring (bicyclic) bond motifs is 2. The van der Waals surface area contributed by atoms with Crippen molar-refractivity contribution in [3.05, 3.63) is 54.1 Å². The molecular weight excluding hydrogens is 619 g/mol. The Morgan fingerprint density at radius 2 is 1.98 bits per heavy atom. The van der Waals surface area contributed by atoms with E-state index in [9.17, 15) is 9.36 Å². The summed E-state index contributed by atoms with van der Waals surface area (Å²) in [4.78, 5) is 25.8. The normalized spacial score (nSPS) is 18.8. The van der Waals surface area contributed by atoms with Gasteiger partial charge in [0.05, 0.1) is 19.3 Å². The minimum Gasteiger partial charge on any atom is -0.465 e. The number of benzene rings is 2. The molecule has 0 aliphatic carbocycles. The Labute approximate surface area is 267 Å². The Morgan fingerprint density at radius 1 is 1.18 bits per heavy atom. The van der Waals surface area contributed by atoms with E-state index in [2.05, 4.69) is 27.0 Å². The van der Waals surface area contributed by atoms with E-state index in [-0.39, 0.29) is 30.2 Å². The van der Waals surface area contributed by atoms with Crippen molar-refractivity contribution >= 4 is 53.1 Å². The van der Waals surface area contributed by atoms with Crippen molar-refractivity contribution in [1.82, 2.24) is 24.6 Å². The lowest BCUT2D eigenvalue weighted by Crippen LogP contribution is -2.39.